The number of halogens is 4. The highest BCUT2D eigenvalue weighted by Crippen LogP contribution is 2.24. The molecular formula is C48H59Cl4N3O9. The van der Waals surface area contributed by atoms with Crippen molar-refractivity contribution in [1.29, 1.82) is 0 Å². The predicted molar refractivity (Wildman–Crippen MR) is 256 cm³/mol. The molecule has 0 atom stereocenters. The number of benzene rings is 4. The molecule has 0 aromatic heterocycles. The molecule has 16 heteroatoms. The number of primary amides is 3. The van der Waals surface area contributed by atoms with Gasteiger partial charge in [-0.1, -0.05) is 124 Å². The van der Waals surface area contributed by atoms with E-state index in [2.05, 4.69) is 12.8 Å². The third kappa shape index (κ3) is 24.5. The van der Waals surface area contributed by atoms with Crippen molar-refractivity contribution in [2.24, 2.45) is 17.2 Å². The number of carbonyl (C=O) groups excluding carboxylic acids is 3. The van der Waals surface area contributed by atoms with Gasteiger partial charge in [0, 0.05) is 6.42 Å². The Hall–Kier alpha value is -5.32. The lowest BCUT2D eigenvalue weighted by Gasteiger charge is -2.08. The Bertz CT molecular complexity index is 2050. The van der Waals surface area contributed by atoms with Gasteiger partial charge in [-0.3, -0.25) is 14.4 Å². The van der Waals surface area contributed by atoms with Gasteiger partial charge in [0.2, 0.25) is 17.7 Å². The summed E-state index contributed by atoms with van der Waals surface area (Å²) in [4.78, 5) is 43.3. The Labute approximate surface area is 396 Å². The minimum absolute atomic E-state index is 0.0248. The largest absolute Gasteiger partial charge is 0.508 e. The van der Waals surface area contributed by atoms with Gasteiger partial charge in [0.1, 0.15) is 23.0 Å². The summed E-state index contributed by atoms with van der Waals surface area (Å²) in [5.41, 5.74) is 16.1. The zero-order valence-electron chi connectivity index (χ0n) is 36.1. The lowest BCUT2D eigenvalue weighted by Crippen LogP contribution is -2.11. The number of aromatic hydroxyl groups is 2. The first-order valence-corrected chi connectivity index (χ1v) is 22.4. The highest BCUT2D eigenvalue weighted by atomic mass is 35.5. The molecule has 0 aliphatic carbocycles. The standard InChI is InChI=1S/C18H24ClNO2.C16H24ClNO2.C7H6ClNO2.C7H5ClO3/c1-2-3-4-5-6-7-8-9-10-13-22-15-11-12-17(19)16(14-15)18(20)21;1-2-3-4-5-6-7-8-11-20-13-9-10-15(17)14(12-13)16(18)19;8-6-2-1-4(10)3-5(6)7(9)11;8-6-2-1-4(9)3-5(6)7(10)11/h1,11-12,14H,3-10,13H2,(H2,20,21);9-10,12H,2-8,11H2,1H3,(H2,18,19);1-3,10H,(H2,9,11);1-3,9H,(H,10,11). The topological polar surface area (TPSA) is 225 Å². The van der Waals surface area contributed by atoms with Gasteiger partial charge in [0.15, 0.2) is 0 Å². The fourth-order valence-electron chi connectivity index (χ4n) is 5.60. The molecule has 0 radical (unpaired) electrons. The maximum Gasteiger partial charge on any atom is 0.337 e. The molecule has 9 N–H and O–H groups in total. The highest BCUT2D eigenvalue weighted by molar-refractivity contribution is 6.35. The third-order valence-corrected chi connectivity index (χ3v) is 10.4. The average molecular weight is 964 g/mol. The summed E-state index contributed by atoms with van der Waals surface area (Å²) >= 11 is 22.8. The smallest absolute Gasteiger partial charge is 0.337 e. The van der Waals surface area contributed by atoms with Crippen LogP contribution in [-0.2, 0) is 0 Å². The Balaban J connectivity index is 0.000000446. The van der Waals surface area contributed by atoms with Crippen LogP contribution >= 0.6 is 46.4 Å². The second kappa shape index (κ2) is 33.2. The molecule has 0 aliphatic heterocycles. The number of hydrogen-bond donors (Lipinski definition) is 6. The Morgan fingerprint density at radius 1 is 0.516 bits per heavy atom. The first-order chi connectivity index (χ1) is 30.5. The minimum atomic E-state index is -1.15. The summed E-state index contributed by atoms with van der Waals surface area (Å²) in [6.45, 7) is 3.52. The van der Waals surface area contributed by atoms with Crippen LogP contribution in [0.3, 0.4) is 0 Å². The SMILES string of the molecule is C#CCCCCCCCCCOc1ccc(Cl)c(C(N)=O)c1.CCCCCCCCCOc1ccc(Cl)c(C(N)=O)c1.NC(=O)c1cc(O)ccc1Cl.O=C(O)c1cc(O)ccc1Cl. The van der Waals surface area contributed by atoms with Crippen LogP contribution in [0.15, 0.2) is 72.8 Å². The number of amides is 3. The van der Waals surface area contributed by atoms with Gasteiger partial charge < -0.3 is 42.0 Å². The van der Waals surface area contributed by atoms with Gasteiger partial charge in [0.05, 0.1) is 55.6 Å². The monoisotopic (exact) mass is 961 g/mol. The van der Waals surface area contributed by atoms with Crippen LogP contribution in [0.4, 0.5) is 0 Å². The molecule has 0 bridgehead atoms. The molecule has 348 valence electrons. The number of unbranched alkanes of at least 4 members (excludes halogenated alkanes) is 13. The quantitative estimate of drug-likeness (QED) is 0.0307. The lowest BCUT2D eigenvalue weighted by atomic mass is 10.1. The number of phenols is 2. The van der Waals surface area contributed by atoms with Gasteiger partial charge in [-0.25, -0.2) is 4.79 Å². The van der Waals surface area contributed by atoms with Gasteiger partial charge in [-0.15, -0.1) is 12.3 Å². The van der Waals surface area contributed by atoms with Gasteiger partial charge in [0.25, 0.3) is 0 Å². The van der Waals surface area contributed by atoms with E-state index in [4.69, 9.17) is 94.8 Å². The number of terminal acetylenes is 1. The van der Waals surface area contributed by atoms with Crippen LogP contribution < -0.4 is 26.7 Å². The van der Waals surface area contributed by atoms with Crippen LogP contribution in [0.25, 0.3) is 0 Å². The summed E-state index contributed by atoms with van der Waals surface area (Å²) in [5.74, 6) is 0.945. The lowest BCUT2D eigenvalue weighted by molar-refractivity contribution is 0.0695. The Morgan fingerprint density at radius 2 is 0.844 bits per heavy atom. The molecule has 4 aromatic carbocycles. The number of carboxylic acids is 1. The summed E-state index contributed by atoms with van der Waals surface area (Å²) < 4.78 is 11.2. The van der Waals surface area contributed by atoms with E-state index in [1.165, 1.54) is 94.5 Å². The average Bonchev–Trinajstić information content (AvgIpc) is 3.25. The van der Waals surface area contributed by atoms with Crippen molar-refractivity contribution >= 4 is 70.1 Å². The Morgan fingerprint density at radius 3 is 1.19 bits per heavy atom. The number of carboxylic acid groups (broad SMARTS) is 1. The molecule has 12 nitrogen and oxygen atoms in total. The molecule has 4 aromatic rings. The van der Waals surface area contributed by atoms with Crippen LogP contribution in [0, 0.1) is 12.3 Å². The summed E-state index contributed by atoms with van der Waals surface area (Å²) in [5, 5.41) is 27.4. The number of carbonyl (C=O) groups is 4. The van der Waals surface area contributed by atoms with Crippen LogP contribution in [0.5, 0.6) is 23.0 Å². The molecule has 0 heterocycles. The molecule has 0 aliphatic rings. The normalized spacial score (nSPS) is 10.1. The number of ether oxygens (including phenoxy) is 2. The number of nitrogens with two attached hydrogens (primary N) is 3. The molecule has 0 fully saturated rings. The van der Waals surface area contributed by atoms with E-state index in [9.17, 15) is 19.2 Å². The molecule has 64 heavy (non-hydrogen) atoms. The van der Waals surface area contributed by atoms with E-state index < -0.39 is 23.7 Å². The van der Waals surface area contributed by atoms with Crippen molar-refractivity contribution in [2.45, 2.75) is 103 Å². The van der Waals surface area contributed by atoms with E-state index in [1.54, 1.807) is 36.4 Å². The first kappa shape index (κ1) is 56.7. The van der Waals surface area contributed by atoms with Crippen LogP contribution in [0.1, 0.15) is 145 Å². The molecule has 4 rings (SSSR count). The van der Waals surface area contributed by atoms with E-state index >= 15 is 0 Å². The third-order valence-electron chi connectivity index (χ3n) is 9.05. The molecule has 0 unspecified atom stereocenters. The molecule has 0 saturated carbocycles. The predicted octanol–water partition coefficient (Wildman–Crippen LogP) is 12.0. The zero-order chi connectivity index (χ0) is 47.9. The molecule has 3 amide bonds. The minimum Gasteiger partial charge on any atom is -0.508 e. The first-order valence-electron chi connectivity index (χ1n) is 20.9. The van der Waals surface area contributed by atoms with Gasteiger partial charge >= 0.3 is 5.97 Å². The fraction of sp³-hybridized carbons (Fsp3) is 0.375. The summed E-state index contributed by atoms with van der Waals surface area (Å²) in [6.07, 6.45) is 23.0. The van der Waals surface area contributed by atoms with Crippen molar-refractivity contribution < 1.29 is 44.0 Å². The molecular weight excluding hydrogens is 904 g/mol. The zero-order valence-corrected chi connectivity index (χ0v) is 39.1. The van der Waals surface area contributed by atoms with Gasteiger partial charge in [-0.2, -0.15) is 0 Å². The van der Waals surface area contributed by atoms with Crippen molar-refractivity contribution in [3.05, 3.63) is 115 Å². The Kier molecular flexibility index (Phi) is 29.4. The van der Waals surface area contributed by atoms with Crippen molar-refractivity contribution in [3.63, 3.8) is 0 Å². The van der Waals surface area contributed by atoms with E-state index in [1.807, 2.05) is 0 Å². The number of aromatic carboxylic acids is 1. The van der Waals surface area contributed by atoms with Crippen molar-refractivity contribution in [1.82, 2.24) is 0 Å². The van der Waals surface area contributed by atoms with Crippen molar-refractivity contribution in [3.8, 4) is 35.3 Å². The van der Waals surface area contributed by atoms with Gasteiger partial charge in [-0.05, 0) is 92.1 Å². The van der Waals surface area contributed by atoms with E-state index in [0.29, 0.717) is 45.9 Å². The summed E-state index contributed by atoms with van der Waals surface area (Å²) in [6, 6.07) is 17.8. The molecule has 0 spiro atoms. The van der Waals surface area contributed by atoms with Crippen molar-refractivity contribution in [2.75, 3.05) is 13.2 Å². The second-order valence-corrected chi connectivity index (χ2v) is 15.9. The fourth-order valence-corrected chi connectivity index (χ4v) is 6.43. The maximum atomic E-state index is 11.2. The van der Waals surface area contributed by atoms with E-state index in [-0.39, 0.29) is 32.7 Å². The summed E-state index contributed by atoms with van der Waals surface area (Å²) in [7, 11) is 0. The van der Waals surface area contributed by atoms with Crippen LogP contribution in [-0.4, -0.2) is 52.2 Å². The van der Waals surface area contributed by atoms with E-state index in [0.717, 1.165) is 38.2 Å². The van der Waals surface area contributed by atoms with Crippen LogP contribution in [0.2, 0.25) is 20.1 Å². The number of phenolic OH excluding ortho intramolecular Hbond substituents is 2. The number of hydrogen-bond acceptors (Lipinski definition) is 8. The maximum absolute atomic E-state index is 11.2. The second-order valence-electron chi connectivity index (χ2n) is 14.3. The molecule has 0 saturated heterocycles. The number of rotatable bonds is 23. The highest BCUT2D eigenvalue weighted by Gasteiger charge is 2.11.